The van der Waals surface area contributed by atoms with Crippen LogP contribution in [0.3, 0.4) is 0 Å². The van der Waals surface area contributed by atoms with Crippen molar-refractivity contribution in [2.75, 3.05) is 19.0 Å². The number of thiophene rings is 1. The number of ether oxygens (including phenoxy) is 1. The van der Waals surface area contributed by atoms with Crippen LogP contribution in [0.2, 0.25) is 0 Å². The highest BCUT2D eigenvalue weighted by molar-refractivity contribution is 7.23. The number of nitrogens with one attached hydrogen (secondary N) is 3. The van der Waals surface area contributed by atoms with Gasteiger partial charge in [-0.2, -0.15) is 18.2 Å². The minimum atomic E-state index is -4.49. The smallest absolute Gasteiger partial charge is 0.383 e. The van der Waals surface area contributed by atoms with Crippen molar-refractivity contribution in [3.8, 4) is 10.7 Å². The molecule has 15 heteroatoms. The monoisotopic (exact) mass is 635 g/mol. The van der Waals surface area contributed by atoms with E-state index in [1.54, 1.807) is 36.1 Å². The molecule has 236 valence electrons. The number of carbonyl (C=O) groups is 1. The fraction of sp³-hybridized carbons (Fsp3) is 0.517. The van der Waals surface area contributed by atoms with Crippen LogP contribution in [0.5, 0.6) is 0 Å². The van der Waals surface area contributed by atoms with Crippen molar-refractivity contribution in [1.29, 1.82) is 0 Å². The molecule has 0 aliphatic carbocycles. The van der Waals surface area contributed by atoms with Crippen LogP contribution in [0.15, 0.2) is 35.2 Å². The van der Waals surface area contributed by atoms with Gasteiger partial charge in [0.15, 0.2) is 0 Å². The number of hydrogen-bond acceptors (Lipinski definition) is 9. The molecule has 4 aromatic rings. The van der Waals surface area contributed by atoms with Crippen LogP contribution in [0.4, 0.5) is 23.2 Å². The quantitative estimate of drug-likeness (QED) is 0.206. The number of benzene rings is 1. The molecule has 10 nitrogen and oxygen atoms in total. The van der Waals surface area contributed by atoms with E-state index in [2.05, 4.69) is 38.0 Å². The van der Waals surface area contributed by atoms with Crippen molar-refractivity contribution in [3.05, 3.63) is 47.9 Å². The van der Waals surface area contributed by atoms with Gasteiger partial charge in [-0.25, -0.2) is 9.37 Å². The summed E-state index contributed by atoms with van der Waals surface area (Å²) in [5.41, 5.74) is 0.774. The number of halogens is 4. The fourth-order valence-corrected chi connectivity index (χ4v) is 7.42. The standard InChI is InChI=1S/C29H33F4N7O3S/c1-15-8-16-10-21(24(30)20(9-15)36-16)37-19-5-3-4-17-18(11-29(31,32)33)26(44-25(17)19)27-38-23(43-39-27)12-34-28(41)22-13-40(14-35-22)6-7-42-2/h3-5,13-16,20-21,24,36-37H,6-12H2,1-2H3,(H,34,41)/t15?,16-,20+,21-,24+/m1/s1. The van der Waals surface area contributed by atoms with E-state index in [-0.39, 0.29) is 46.5 Å². The molecule has 3 N–H and O–H groups in total. The number of imidazole rings is 1. The summed E-state index contributed by atoms with van der Waals surface area (Å²) in [7, 11) is 1.57. The van der Waals surface area contributed by atoms with Gasteiger partial charge < -0.3 is 29.8 Å². The summed E-state index contributed by atoms with van der Waals surface area (Å²) in [6.07, 6.45) is -1.45. The SMILES string of the molecule is COCCn1cnc(C(=O)NCc2nc(-c3sc4c(N[C@@H]5C[C@H]6CC(C)C[C@H](N6)[C@@H]5F)cccc4c3CC(F)(F)F)no2)c1. The van der Waals surface area contributed by atoms with Gasteiger partial charge >= 0.3 is 6.18 Å². The van der Waals surface area contributed by atoms with E-state index in [1.807, 2.05) is 0 Å². The van der Waals surface area contributed by atoms with Crippen LogP contribution in [0.1, 0.15) is 48.1 Å². The molecule has 2 aliphatic heterocycles. The highest BCUT2D eigenvalue weighted by Crippen LogP contribution is 2.44. The van der Waals surface area contributed by atoms with Crippen LogP contribution in [0.25, 0.3) is 20.8 Å². The third-order valence-corrected chi connectivity index (χ3v) is 9.40. The molecule has 6 rings (SSSR count). The summed E-state index contributed by atoms with van der Waals surface area (Å²) < 4.78 is 69.4. The molecule has 1 aromatic carbocycles. The summed E-state index contributed by atoms with van der Waals surface area (Å²) >= 11 is 1.10. The molecule has 3 aromatic heterocycles. The van der Waals surface area contributed by atoms with Gasteiger partial charge in [-0.1, -0.05) is 24.2 Å². The molecule has 2 fully saturated rings. The van der Waals surface area contributed by atoms with Crippen molar-refractivity contribution in [2.24, 2.45) is 5.92 Å². The van der Waals surface area contributed by atoms with Gasteiger partial charge in [-0.3, -0.25) is 4.79 Å². The van der Waals surface area contributed by atoms with Crippen LogP contribution < -0.4 is 16.0 Å². The second-order valence-corrected chi connectivity index (χ2v) is 12.6. The molecule has 2 saturated heterocycles. The maximum atomic E-state index is 15.5. The molecule has 2 aliphatic rings. The molecule has 0 saturated carbocycles. The van der Waals surface area contributed by atoms with E-state index >= 15 is 4.39 Å². The van der Waals surface area contributed by atoms with Gasteiger partial charge in [0, 0.05) is 31.9 Å². The second-order valence-electron chi connectivity index (χ2n) is 11.5. The Hall–Kier alpha value is -3.56. The number of aromatic nitrogens is 4. The molecule has 44 heavy (non-hydrogen) atoms. The molecule has 5 atom stereocenters. The number of methoxy groups -OCH3 is 1. The summed E-state index contributed by atoms with van der Waals surface area (Å²) in [5.74, 6) is -0.0227. The minimum absolute atomic E-state index is 0.0155. The molecule has 1 amide bonds. The lowest BCUT2D eigenvalue weighted by Gasteiger charge is -2.45. The van der Waals surface area contributed by atoms with Gasteiger partial charge in [-0.15, -0.1) is 11.3 Å². The van der Waals surface area contributed by atoms with Crippen molar-refractivity contribution in [1.82, 2.24) is 30.3 Å². The lowest BCUT2D eigenvalue weighted by molar-refractivity contribution is -0.126. The number of carbonyl (C=O) groups excluding carboxylic acids is 1. The van der Waals surface area contributed by atoms with Gasteiger partial charge in [-0.05, 0) is 42.2 Å². The molecule has 0 radical (unpaired) electrons. The number of rotatable bonds is 10. The van der Waals surface area contributed by atoms with E-state index in [0.717, 1.165) is 24.2 Å². The lowest BCUT2D eigenvalue weighted by atomic mass is 9.78. The second kappa shape index (κ2) is 12.4. The molecular formula is C29H33F4N7O3S. The van der Waals surface area contributed by atoms with Crippen molar-refractivity contribution < 1.29 is 31.6 Å². The van der Waals surface area contributed by atoms with Crippen molar-refractivity contribution >= 4 is 33.0 Å². The Bertz CT molecular complexity index is 1620. The summed E-state index contributed by atoms with van der Waals surface area (Å²) in [6.45, 7) is 2.98. The average Bonchev–Trinajstić information content (AvgIpc) is 3.72. The number of amides is 1. The van der Waals surface area contributed by atoms with Crippen LogP contribution >= 0.6 is 11.3 Å². The van der Waals surface area contributed by atoms with E-state index in [1.165, 1.54) is 6.33 Å². The third kappa shape index (κ3) is 6.59. The van der Waals surface area contributed by atoms with Gasteiger partial charge in [0.1, 0.15) is 11.9 Å². The first kappa shape index (κ1) is 30.5. The first-order valence-corrected chi connectivity index (χ1v) is 15.3. The van der Waals surface area contributed by atoms with Crippen LogP contribution in [-0.2, 0) is 24.2 Å². The Labute approximate surface area is 254 Å². The first-order valence-electron chi connectivity index (χ1n) is 14.5. The first-order chi connectivity index (χ1) is 21.1. The molecular weight excluding hydrogens is 602 g/mol. The van der Waals surface area contributed by atoms with Crippen LogP contribution in [0, 0.1) is 5.92 Å². The van der Waals surface area contributed by atoms with E-state index in [4.69, 9.17) is 9.26 Å². The third-order valence-electron chi connectivity index (χ3n) is 8.13. The maximum absolute atomic E-state index is 15.5. The number of hydrogen-bond donors (Lipinski definition) is 3. The topological polar surface area (TPSA) is 119 Å². The molecule has 1 unspecified atom stereocenters. The predicted octanol–water partition coefficient (Wildman–Crippen LogP) is 5.11. The maximum Gasteiger partial charge on any atom is 0.393 e. The number of piperidine rings is 2. The molecule has 5 heterocycles. The van der Waals surface area contributed by atoms with Crippen molar-refractivity contribution in [3.63, 3.8) is 0 Å². The Morgan fingerprint density at radius 3 is 2.91 bits per heavy atom. The van der Waals surface area contributed by atoms with Crippen LogP contribution in [-0.4, -0.2) is 69.8 Å². The van der Waals surface area contributed by atoms with E-state index in [0.29, 0.717) is 41.3 Å². The molecule has 2 bridgehead atoms. The Kier molecular flexibility index (Phi) is 8.61. The zero-order valence-electron chi connectivity index (χ0n) is 24.2. The Morgan fingerprint density at radius 2 is 2.11 bits per heavy atom. The Morgan fingerprint density at radius 1 is 1.27 bits per heavy atom. The number of anilines is 1. The van der Waals surface area contributed by atoms with E-state index < -0.39 is 30.7 Å². The summed E-state index contributed by atoms with van der Waals surface area (Å²) in [5, 5.41) is 13.7. The normalized spacial score (nSPS) is 23.6. The number of alkyl halides is 4. The van der Waals surface area contributed by atoms with E-state index in [9.17, 15) is 18.0 Å². The zero-order chi connectivity index (χ0) is 31.0. The predicted molar refractivity (Wildman–Crippen MR) is 156 cm³/mol. The van der Waals surface area contributed by atoms with Gasteiger partial charge in [0.05, 0.1) is 47.2 Å². The zero-order valence-corrected chi connectivity index (χ0v) is 25.0. The molecule has 0 spiro atoms. The van der Waals surface area contributed by atoms with Crippen molar-refractivity contribution in [2.45, 2.75) is 76.2 Å². The number of fused-ring (bicyclic) bond motifs is 3. The number of nitrogens with zero attached hydrogens (tertiary/aromatic N) is 4. The highest BCUT2D eigenvalue weighted by Gasteiger charge is 2.42. The lowest BCUT2D eigenvalue weighted by Crippen LogP contribution is -2.60. The minimum Gasteiger partial charge on any atom is -0.383 e. The summed E-state index contributed by atoms with van der Waals surface area (Å²) in [6, 6.07) is 4.54. The Balaban J connectivity index is 1.23. The highest BCUT2D eigenvalue weighted by atomic mass is 32.1. The summed E-state index contributed by atoms with van der Waals surface area (Å²) in [4.78, 5) is 21.1. The average molecular weight is 636 g/mol. The van der Waals surface area contributed by atoms with Gasteiger partial charge in [0.25, 0.3) is 5.91 Å². The van der Waals surface area contributed by atoms with Gasteiger partial charge in [0.2, 0.25) is 11.7 Å². The largest absolute Gasteiger partial charge is 0.393 e. The fourth-order valence-electron chi connectivity index (χ4n) is 6.20.